The van der Waals surface area contributed by atoms with Crippen LogP contribution in [0, 0.1) is 0 Å². The van der Waals surface area contributed by atoms with Crippen molar-refractivity contribution in [1.82, 2.24) is 14.8 Å². The highest BCUT2D eigenvalue weighted by Gasteiger charge is 2.08. The first kappa shape index (κ1) is 9.15. The van der Waals surface area contributed by atoms with Gasteiger partial charge in [-0.05, 0) is 6.92 Å². The second-order valence-electron chi connectivity index (χ2n) is 2.62. The van der Waals surface area contributed by atoms with Crippen molar-refractivity contribution < 1.29 is 9.84 Å². The molecule has 0 aliphatic heterocycles. The van der Waals surface area contributed by atoms with Crippen molar-refractivity contribution in [1.29, 1.82) is 0 Å². The zero-order chi connectivity index (χ0) is 8.97. The summed E-state index contributed by atoms with van der Waals surface area (Å²) in [6.07, 6.45) is 1.59. The molecule has 0 aromatic carbocycles. The fourth-order valence-electron chi connectivity index (χ4n) is 1.07. The summed E-state index contributed by atoms with van der Waals surface area (Å²) in [5, 5.41) is 16.3. The summed E-state index contributed by atoms with van der Waals surface area (Å²) in [7, 11) is 1.64. The van der Waals surface area contributed by atoms with E-state index in [2.05, 4.69) is 10.2 Å². The normalized spacial score (nSPS) is 13.2. The molecule has 5 heteroatoms. The Bertz CT molecular complexity index is 236. The molecule has 1 heterocycles. The molecule has 1 unspecified atom stereocenters. The van der Waals surface area contributed by atoms with E-state index in [1.165, 1.54) is 0 Å². The standard InChI is InChI=1S/C7H13N3O2/c1-6(4-12-2)10-5-8-9-7(10)3-11/h5-6,11H,3-4H2,1-2H3. The van der Waals surface area contributed by atoms with Gasteiger partial charge in [0.25, 0.3) is 0 Å². The van der Waals surface area contributed by atoms with Crippen LogP contribution in [0.3, 0.4) is 0 Å². The molecule has 0 saturated carbocycles. The largest absolute Gasteiger partial charge is 0.388 e. The minimum atomic E-state index is -0.0892. The molecule has 0 bridgehead atoms. The van der Waals surface area contributed by atoms with E-state index in [1.807, 2.05) is 6.92 Å². The molecular weight excluding hydrogens is 158 g/mol. The van der Waals surface area contributed by atoms with E-state index >= 15 is 0 Å². The molecule has 0 radical (unpaired) electrons. The van der Waals surface area contributed by atoms with Crippen LogP contribution in [-0.2, 0) is 11.3 Å². The number of aliphatic hydroxyl groups excluding tert-OH is 1. The number of aromatic nitrogens is 3. The van der Waals surface area contributed by atoms with E-state index < -0.39 is 0 Å². The van der Waals surface area contributed by atoms with Crippen LogP contribution in [0.15, 0.2) is 6.33 Å². The maximum Gasteiger partial charge on any atom is 0.158 e. The lowest BCUT2D eigenvalue weighted by Crippen LogP contribution is -2.13. The quantitative estimate of drug-likeness (QED) is 0.691. The van der Waals surface area contributed by atoms with E-state index in [0.29, 0.717) is 12.4 Å². The first-order valence-corrected chi connectivity index (χ1v) is 3.77. The van der Waals surface area contributed by atoms with E-state index in [-0.39, 0.29) is 12.6 Å². The molecule has 1 atom stereocenters. The first-order valence-electron chi connectivity index (χ1n) is 3.77. The van der Waals surface area contributed by atoms with Crippen LogP contribution in [0.2, 0.25) is 0 Å². The van der Waals surface area contributed by atoms with Gasteiger partial charge in [-0.1, -0.05) is 0 Å². The van der Waals surface area contributed by atoms with Crippen LogP contribution in [0.5, 0.6) is 0 Å². The van der Waals surface area contributed by atoms with Crippen LogP contribution < -0.4 is 0 Å². The second-order valence-corrected chi connectivity index (χ2v) is 2.62. The molecule has 0 amide bonds. The van der Waals surface area contributed by atoms with Gasteiger partial charge in [0.05, 0.1) is 12.6 Å². The Balaban J connectivity index is 2.71. The topological polar surface area (TPSA) is 60.2 Å². The highest BCUT2D eigenvalue weighted by Crippen LogP contribution is 2.07. The molecule has 12 heavy (non-hydrogen) atoms. The van der Waals surface area contributed by atoms with E-state index in [0.717, 1.165) is 0 Å². The summed E-state index contributed by atoms with van der Waals surface area (Å²) in [4.78, 5) is 0. The van der Waals surface area contributed by atoms with Crippen LogP contribution in [0.25, 0.3) is 0 Å². The third kappa shape index (κ3) is 1.80. The molecule has 5 nitrogen and oxygen atoms in total. The summed E-state index contributed by atoms with van der Waals surface area (Å²) in [5.74, 6) is 0.569. The molecule has 1 N–H and O–H groups in total. The number of rotatable bonds is 4. The Kier molecular flexibility index (Phi) is 3.19. The van der Waals surface area contributed by atoms with Gasteiger partial charge in [0.15, 0.2) is 5.82 Å². The average molecular weight is 171 g/mol. The highest BCUT2D eigenvalue weighted by atomic mass is 16.5. The Morgan fingerprint density at radius 1 is 1.75 bits per heavy atom. The number of hydrogen-bond donors (Lipinski definition) is 1. The molecule has 1 aromatic rings. The second kappa shape index (κ2) is 4.18. The Morgan fingerprint density at radius 2 is 2.50 bits per heavy atom. The minimum Gasteiger partial charge on any atom is -0.388 e. The van der Waals surface area contributed by atoms with Gasteiger partial charge < -0.3 is 14.4 Å². The van der Waals surface area contributed by atoms with Crippen molar-refractivity contribution in [2.45, 2.75) is 19.6 Å². The van der Waals surface area contributed by atoms with Crippen LogP contribution >= 0.6 is 0 Å². The monoisotopic (exact) mass is 171 g/mol. The summed E-state index contributed by atoms with van der Waals surface area (Å²) in [6, 6.07) is 0.159. The zero-order valence-electron chi connectivity index (χ0n) is 7.27. The van der Waals surface area contributed by atoms with Gasteiger partial charge in [-0.15, -0.1) is 10.2 Å². The summed E-state index contributed by atoms with van der Waals surface area (Å²) in [6.45, 7) is 2.48. The summed E-state index contributed by atoms with van der Waals surface area (Å²) >= 11 is 0. The van der Waals surface area contributed by atoms with Gasteiger partial charge in [-0.2, -0.15) is 0 Å². The molecule has 0 fully saturated rings. The van der Waals surface area contributed by atoms with Crippen molar-refractivity contribution >= 4 is 0 Å². The number of aliphatic hydroxyl groups is 1. The van der Waals surface area contributed by atoms with Crippen molar-refractivity contribution in [2.75, 3.05) is 13.7 Å². The fourth-order valence-corrected chi connectivity index (χ4v) is 1.07. The molecule has 68 valence electrons. The predicted octanol–water partition coefficient (Wildman–Crippen LogP) is -0.0222. The summed E-state index contributed by atoms with van der Waals surface area (Å²) in [5.41, 5.74) is 0. The van der Waals surface area contributed by atoms with Crippen molar-refractivity contribution in [2.24, 2.45) is 0 Å². The maximum atomic E-state index is 8.86. The Morgan fingerprint density at radius 3 is 3.08 bits per heavy atom. The Hall–Kier alpha value is -0.940. The van der Waals surface area contributed by atoms with E-state index in [9.17, 15) is 0 Å². The smallest absolute Gasteiger partial charge is 0.158 e. The molecule has 1 rings (SSSR count). The maximum absolute atomic E-state index is 8.86. The van der Waals surface area contributed by atoms with Crippen LogP contribution in [-0.4, -0.2) is 33.6 Å². The lowest BCUT2D eigenvalue weighted by Gasteiger charge is -2.12. The van der Waals surface area contributed by atoms with Crippen LogP contribution in [0.4, 0.5) is 0 Å². The number of methoxy groups -OCH3 is 1. The van der Waals surface area contributed by atoms with Crippen LogP contribution in [0.1, 0.15) is 18.8 Å². The SMILES string of the molecule is COCC(C)n1cnnc1CO. The zero-order valence-corrected chi connectivity index (χ0v) is 7.27. The van der Waals surface area contributed by atoms with Gasteiger partial charge >= 0.3 is 0 Å². The van der Waals surface area contributed by atoms with Crippen molar-refractivity contribution in [3.63, 3.8) is 0 Å². The third-order valence-corrected chi connectivity index (χ3v) is 1.67. The van der Waals surface area contributed by atoms with Gasteiger partial charge in [0, 0.05) is 7.11 Å². The molecule has 0 aliphatic carbocycles. The molecule has 0 aliphatic rings. The van der Waals surface area contributed by atoms with E-state index in [1.54, 1.807) is 18.0 Å². The van der Waals surface area contributed by atoms with Gasteiger partial charge in [-0.25, -0.2) is 0 Å². The number of ether oxygens (including phenoxy) is 1. The number of hydrogen-bond acceptors (Lipinski definition) is 4. The predicted molar refractivity (Wildman–Crippen MR) is 42.5 cm³/mol. The third-order valence-electron chi connectivity index (χ3n) is 1.67. The molecule has 0 saturated heterocycles. The molecular formula is C7H13N3O2. The fraction of sp³-hybridized carbons (Fsp3) is 0.714. The van der Waals surface area contributed by atoms with E-state index in [4.69, 9.17) is 9.84 Å². The number of nitrogens with zero attached hydrogens (tertiary/aromatic N) is 3. The molecule has 1 aromatic heterocycles. The first-order chi connectivity index (χ1) is 5.79. The lowest BCUT2D eigenvalue weighted by atomic mass is 10.3. The summed E-state index contributed by atoms with van der Waals surface area (Å²) < 4.78 is 6.76. The van der Waals surface area contributed by atoms with Gasteiger partial charge in [-0.3, -0.25) is 0 Å². The highest BCUT2D eigenvalue weighted by molar-refractivity contribution is 4.85. The van der Waals surface area contributed by atoms with Gasteiger partial charge in [0.2, 0.25) is 0 Å². The average Bonchev–Trinajstić information content (AvgIpc) is 2.51. The lowest BCUT2D eigenvalue weighted by molar-refractivity contribution is 0.157. The van der Waals surface area contributed by atoms with Crippen molar-refractivity contribution in [3.8, 4) is 0 Å². The molecule has 0 spiro atoms. The van der Waals surface area contributed by atoms with Crippen molar-refractivity contribution in [3.05, 3.63) is 12.2 Å². The Labute approximate surface area is 71.0 Å². The van der Waals surface area contributed by atoms with Gasteiger partial charge in [0.1, 0.15) is 12.9 Å². The minimum absolute atomic E-state index is 0.0892.